The molecule has 2 nitrogen and oxygen atoms in total. The van der Waals surface area contributed by atoms with Crippen molar-refractivity contribution in [1.29, 1.82) is 0 Å². The molecule has 2 aliphatic carbocycles. The van der Waals surface area contributed by atoms with E-state index in [1.165, 1.54) is 37.8 Å². The molecule has 0 atom stereocenters. The van der Waals surface area contributed by atoms with Crippen molar-refractivity contribution in [3.8, 4) is 0 Å². The molecule has 3 heteroatoms. The Bertz CT molecular complexity index is 425. The third-order valence-corrected chi connectivity index (χ3v) is 4.20. The Hall–Kier alpha value is -1.09. The van der Waals surface area contributed by atoms with Gasteiger partial charge in [-0.15, -0.1) is 0 Å². The maximum Gasteiger partial charge on any atom is 0.123 e. The summed E-state index contributed by atoms with van der Waals surface area (Å²) in [7, 11) is 2.14. The van der Waals surface area contributed by atoms with Crippen molar-refractivity contribution >= 4 is 5.69 Å². The molecule has 0 unspecified atom stereocenters. The maximum atomic E-state index is 13.4. The Balaban J connectivity index is 1.76. The second-order valence-electron chi connectivity index (χ2n) is 5.62. The van der Waals surface area contributed by atoms with Crippen LogP contribution in [0.2, 0.25) is 0 Å². The zero-order chi connectivity index (χ0) is 12.5. The highest BCUT2D eigenvalue weighted by Gasteiger charge is 2.25. The van der Waals surface area contributed by atoms with Gasteiger partial charge in [-0.05, 0) is 55.9 Å². The minimum atomic E-state index is -0.131. The van der Waals surface area contributed by atoms with Gasteiger partial charge in [0.25, 0.3) is 0 Å². The van der Waals surface area contributed by atoms with Crippen LogP contribution in [0.15, 0.2) is 18.2 Å². The first-order chi connectivity index (χ1) is 8.74. The molecule has 0 heterocycles. The topological polar surface area (TPSA) is 15.3 Å². The van der Waals surface area contributed by atoms with Gasteiger partial charge in [0.2, 0.25) is 0 Å². The van der Waals surface area contributed by atoms with E-state index in [2.05, 4.69) is 17.3 Å². The van der Waals surface area contributed by atoms with Gasteiger partial charge in [0.05, 0.1) is 0 Å². The van der Waals surface area contributed by atoms with E-state index in [1.807, 2.05) is 6.07 Å². The predicted molar refractivity (Wildman–Crippen MR) is 72.3 cm³/mol. The van der Waals surface area contributed by atoms with Crippen LogP contribution in [0.3, 0.4) is 0 Å². The molecule has 1 N–H and O–H groups in total. The molecule has 0 bridgehead atoms. The van der Waals surface area contributed by atoms with Crippen LogP contribution in [0.25, 0.3) is 0 Å². The van der Waals surface area contributed by atoms with Gasteiger partial charge in [0.1, 0.15) is 5.82 Å². The summed E-state index contributed by atoms with van der Waals surface area (Å²) in [5, 5.41) is 3.48. The normalized spacial score (nSPS) is 19.7. The summed E-state index contributed by atoms with van der Waals surface area (Å²) in [6.07, 6.45) is 6.39. The standard InChI is InChI=1S/C15H21FN2/c1-18(14-3-2-4-14)15-8-5-12(16)9-11(15)10-17-13-6-7-13/h5,8-9,13-14,17H,2-4,6-7,10H2,1H3. The van der Waals surface area contributed by atoms with Gasteiger partial charge in [0.15, 0.2) is 0 Å². The van der Waals surface area contributed by atoms with Crippen LogP contribution in [0.5, 0.6) is 0 Å². The van der Waals surface area contributed by atoms with E-state index in [0.717, 1.165) is 12.1 Å². The first-order valence-electron chi connectivity index (χ1n) is 6.98. The third-order valence-electron chi connectivity index (χ3n) is 4.20. The van der Waals surface area contributed by atoms with Crippen molar-refractivity contribution in [3.05, 3.63) is 29.6 Å². The van der Waals surface area contributed by atoms with Gasteiger partial charge in [-0.25, -0.2) is 4.39 Å². The monoisotopic (exact) mass is 248 g/mol. The Kier molecular flexibility index (Phi) is 3.25. The summed E-state index contributed by atoms with van der Waals surface area (Å²) >= 11 is 0. The number of halogens is 1. The number of nitrogens with one attached hydrogen (secondary N) is 1. The average Bonchev–Trinajstić information content (AvgIpc) is 3.07. The maximum absolute atomic E-state index is 13.4. The fourth-order valence-corrected chi connectivity index (χ4v) is 2.55. The van der Waals surface area contributed by atoms with Crippen molar-refractivity contribution < 1.29 is 4.39 Å². The highest BCUT2D eigenvalue weighted by Crippen LogP contribution is 2.31. The molecule has 2 aliphatic rings. The third kappa shape index (κ3) is 2.51. The lowest BCUT2D eigenvalue weighted by molar-refractivity contribution is 0.400. The van der Waals surface area contributed by atoms with Crippen molar-refractivity contribution in [2.75, 3.05) is 11.9 Å². The molecule has 18 heavy (non-hydrogen) atoms. The molecule has 2 saturated carbocycles. The van der Waals surface area contributed by atoms with Gasteiger partial charge >= 0.3 is 0 Å². The molecular weight excluding hydrogens is 227 g/mol. The van der Waals surface area contributed by atoms with Crippen molar-refractivity contribution in [2.24, 2.45) is 0 Å². The van der Waals surface area contributed by atoms with Crippen molar-refractivity contribution in [2.45, 2.75) is 50.7 Å². The Morgan fingerprint density at radius 3 is 2.67 bits per heavy atom. The smallest absolute Gasteiger partial charge is 0.123 e. The number of nitrogens with zero attached hydrogens (tertiary/aromatic N) is 1. The quantitative estimate of drug-likeness (QED) is 0.861. The number of anilines is 1. The molecule has 3 rings (SSSR count). The molecule has 0 spiro atoms. The number of hydrogen-bond donors (Lipinski definition) is 1. The van der Waals surface area contributed by atoms with E-state index in [-0.39, 0.29) is 5.82 Å². The SMILES string of the molecule is CN(c1ccc(F)cc1CNC1CC1)C1CCC1. The van der Waals surface area contributed by atoms with Gasteiger partial charge in [-0.2, -0.15) is 0 Å². The van der Waals surface area contributed by atoms with Crippen molar-refractivity contribution in [1.82, 2.24) is 5.32 Å². The highest BCUT2D eigenvalue weighted by atomic mass is 19.1. The molecule has 1 aromatic rings. The fraction of sp³-hybridized carbons (Fsp3) is 0.600. The minimum Gasteiger partial charge on any atom is -0.371 e. The summed E-state index contributed by atoms with van der Waals surface area (Å²) in [6.45, 7) is 0.787. The lowest BCUT2D eigenvalue weighted by Gasteiger charge is -2.37. The molecule has 0 amide bonds. The van der Waals surface area contributed by atoms with E-state index in [1.54, 1.807) is 12.1 Å². The largest absolute Gasteiger partial charge is 0.371 e. The van der Waals surface area contributed by atoms with Crippen LogP contribution < -0.4 is 10.2 Å². The Morgan fingerprint density at radius 2 is 2.06 bits per heavy atom. The zero-order valence-electron chi connectivity index (χ0n) is 11.0. The Labute approximate surface area is 108 Å². The first kappa shape index (κ1) is 12.0. The summed E-state index contributed by atoms with van der Waals surface area (Å²) in [5.41, 5.74) is 2.28. The zero-order valence-corrected chi connectivity index (χ0v) is 11.0. The number of rotatable bonds is 5. The average molecular weight is 248 g/mol. The van der Waals surface area contributed by atoms with Gasteiger partial charge in [-0.1, -0.05) is 0 Å². The van der Waals surface area contributed by atoms with Crippen LogP contribution in [0.4, 0.5) is 10.1 Å². The van der Waals surface area contributed by atoms with E-state index in [4.69, 9.17) is 0 Å². The molecule has 1 aromatic carbocycles. The summed E-state index contributed by atoms with van der Waals surface area (Å²) in [5.74, 6) is -0.131. The minimum absolute atomic E-state index is 0.131. The number of hydrogen-bond acceptors (Lipinski definition) is 2. The van der Waals surface area contributed by atoms with Crippen LogP contribution in [0, 0.1) is 5.82 Å². The van der Waals surface area contributed by atoms with Crippen molar-refractivity contribution in [3.63, 3.8) is 0 Å². The van der Waals surface area contributed by atoms with Gasteiger partial charge in [-0.3, -0.25) is 0 Å². The first-order valence-corrected chi connectivity index (χ1v) is 6.98. The van der Waals surface area contributed by atoms with E-state index < -0.39 is 0 Å². The van der Waals surface area contributed by atoms with Crippen LogP contribution in [-0.4, -0.2) is 19.1 Å². The van der Waals surface area contributed by atoms with E-state index in [9.17, 15) is 4.39 Å². The predicted octanol–water partition coefficient (Wildman–Crippen LogP) is 3.07. The molecule has 0 radical (unpaired) electrons. The van der Waals surface area contributed by atoms with E-state index >= 15 is 0 Å². The van der Waals surface area contributed by atoms with E-state index in [0.29, 0.717) is 12.1 Å². The second-order valence-corrected chi connectivity index (χ2v) is 5.62. The summed E-state index contributed by atoms with van der Waals surface area (Å²) in [6, 6.07) is 6.49. The Morgan fingerprint density at radius 1 is 1.28 bits per heavy atom. The molecule has 0 saturated heterocycles. The van der Waals surface area contributed by atoms with Crippen LogP contribution >= 0.6 is 0 Å². The lowest BCUT2D eigenvalue weighted by atomic mass is 9.91. The van der Waals surface area contributed by atoms with Crippen LogP contribution in [0.1, 0.15) is 37.7 Å². The van der Waals surface area contributed by atoms with Crippen LogP contribution in [-0.2, 0) is 6.54 Å². The summed E-state index contributed by atoms with van der Waals surface area (Å²) < 4.78 is 13.4. The molecule has 2 fully saturated rings. The lowest BCUT2D eigenvalue weighted by Crippen LogP contribution is -2.38. The number of benzene rings is 1. The summed E-state index contributed by atoms with van der Waals surface area (Å²) in [4.78, 5) is 2.33. The highest BCUT2D eigenvalue weighted by molar-refractivity contribution is 5.54. The molecule has 98 valence electrons. The van der Waals surface area contributed by atoms with Gasteiger partial charge in [0, 0.05) is 31.4 Å². The molecular formula is C15H21FN2. The molecule has 0 aliphatic heterocycles. The molecule has 0 aromatic heterocycles. The van der Waals surface area contributed by atoms with Gasteiger partial charge < -0.3 is 10.2 Å². The second kappa shape index (κ2) is 4.88. The fourth-order valence-electron chi connectivity index (χ4n) is 2.55.